The summed E-state index contributed by atoms with van der Waals surface area (Å²) in [6.45, 7) is 0.949. The normalized spacial score (nSPS) is 24.4. The van der Waals surface area contributed by atoms with Crippen LogP contribution < -0.4 is 5.32 Å². The van der Waals surface area contributed by atoms with E-state index in [1.165, 1.54) is 11.0 Å². The van der Waals surface area contributed by atoms with Crippen molar-refractivity contribution in [1.29, 1.82) is 0 Å². The van der Waals surface area contributed by atoms with Crippen LogP contribution in [-0.4, -0.2) is 60.6 Å². The Kier molecular flexibility index (Phi) is 4.16. The fourth-order valence-corrected chi connectivity index (χ4v) is 2.90. The number of amides is 3. The number of hydrogen-bond acceptors (Lipinski definition) is 3. The molecule has 0 aliphatic carbocycles. The maximum Gasteiger partial charge on any atom is 0.322 e. The second-order valence-corrected chi connectivity index (χ2v) is 5.69. The van der Waals surface area contributed by atoms with Gasteiger partial charge in [-0.2, -0.15) is 0 Å². The van der Waals surface area contributed by atoms with E-state index in [-0.39, 0.29) is 23.7 Å². The Bertz CT molecular complexity index is 640. The number of nitrogens with one attached hydrogen (secondary N) is 1. The number of nitrogens with zero attached hydrogens (tertiary/aromatic N) is 2. The van der Waals surface area contributed by atoms with Gasteiger partial charge >= 0.3 is 6.03 Å². The first-order valence-electron chi connectivity index (χ1n) is 7.34. The summed E-state index contributed by atoms with van der Waals surface area (Å²) in [5, 5.41) is 2.42. The fraction of sp³-hybridized carbons (Fsp3) is 0.467. The molecule has 2 fully saturated rings. The van der Waals surface area contributed by atoms with Gasteiger partial charge < -0.3 is 19.9 Å². The van der Waals surface area contributed by atoms with Gasteiger partial charge in [0.1, 0.15) is 11.6 Å². The number of hydrogen-bond donors (Lipinski definition) is 1. The molecule has 8 heteroatoms. The zero-order valence-corrected chi connectivity index (χ0v) is 12.6. The molecule has 0 radical (unpaired) electrons. The van der Waals surface area contributed by atoms with Gasteiger partial charge in [-0.05, 0) is 12.1 Å². The molecule has 3 amide bonds. The van der Waals surface area contributed by atoms with Crippen molar-refractivity contribution < 1.29 is 23.1 Å². The first kappa shape index (κ1) is 15.7. The van der Waals surface area contributed by atoms with Gasteiger partial charge in [0, 0.05) is 19.7 Å². The predicted octanol–water partition coefficient (Wildman–Crippen LogP) is 1.43. The summed E-state index contributed by atoms with van der Waals surface area (Å²) in [5.74, 6) is -1.57. The van der Waals surface area contributed by atoms with Crippen molar-refractivity contribution in [3.63, 3.8) is 0 Å². The molecule has 23 heavy (non-hydrogen) atoms. The number of likely N-dealkylation sites (N-methyl/N-ethyl adjacent to an activating group) is 1. The van der Waals surface area contributed by atoms with Crippen LogP contribution in [0.15, 0.2) is 18.2 Å². The Morgan fingerprint density at radius 2 is 2.13 bits per heavy atom. The maximum atomic E-state index is 13.6. The van der Waals surface area contributed by atoms with E-state index in [0.29, 0.717) is 32.2 Å². The van der Waals surface area contributed by atoms with Crippen LogP contribution in [0, 0.1) is 11.6 Å². The lowest BCUT2D eigenvalue weighted by molar-refractivity contribution is -0.130. The molecular formula is C15H17F2N3O3. The van der Waals surface area contributed by atoms with Gasteiger partial charge in [0.05, 0.1) is 37.4 Å². The van der Waals surface area contributed by atoms with E-state index >= 15 is 0 Å². The highest BCUT2D eigenvalue weighted by Gasteiger charge is 2.41. The molecule has 2 atom stereocenters. The van der Waals surface area contributed by atoms with Crippen LogP contribution in [0.2, 0.25) is 0 Å². The quantitative estimate of drug-likeness (QED) is 0.850. The highest BCUT2D eigenvalue weighted by molar-refractivity contribution is 5.90. The highest BCUT2D eigenvalue weighted by Crippen LogP contribution is 2.23. The molecule has 0 bridgehead atoms. The lowest BCUT2D eigenvalue weighted by Gasteiger charge is -2.25. The summed E-state index contributed by atoms with van der Waals surface area (Å²) >= 11 is 0. The summed E-state index contributed by atoms with van der Waals surface area (Å²) in [4.78, 5) is 27.2. The Morgan fingerprint density at radius 1 is 1.35 bits per heavy atom. The lowest BCUT2D eigenvalue weighted by atomic mass is 10.2. The molecule has 1 aromatic rings. The third-order valence-electron chi connectivity index (χ3n) is 4.24. The molecular weight excluding hydrogens is 308 g/mol. The average molecular weight is 325 g/mol. The fourth-order valence-electron chi connectivity index (χ4n) is 2.90. The largest absolute Gasteiger partial charge is 0.374 e. The minimum Gasteiger partial charge on any atom is -0.374 e. The first-order valence-corrected chi connectivity index (χ1v) is 7.34. The van der Waals surface area contributed by atoms with E-state index in [2.05, 4.69) is 5.32 Å². The number of ether oxygens (including phenoxy) is 1. The number of benzene rings is 1. The molecule has 1 N–H and O–H groups in total. The molecule has 6 nitrogen and oxygen atoms in total. The molecule has 2 heterocycles. The van der Waals surface area contributed by atoms with Crippen LogP contribution in [0.4, 0.5) is 19.3 Å². The smallest absolute Gasteiger partial charge is 0.322 e. The maximum absolute atomic E-state index is 13.6. The van der Waals surface area contributed by atoms with Crippen molar-refractivity contribution in [3.8, 4) is 0 Å². The summed E-state index contributed by atoms with van der Waals surface area (Å²) < 4.78 is 32.1. The first-order chi connectivity index (χ1) is 11.0. The molecule has 2 aliphatic heterocycles. The zero-order valence-electron chi connectivity index (χ0n) is 12.6. The number of fused-ring (bicyclic) bond motifs is 1. The van der Waals surface area contributed by atoms with Crippen molar-refractivity contribution >= 4 is 17.6 Å². The molecule has 0 unspecified atom stereocenters. The van der Waals surface area contributed by atoms with E-state index in [4.69, 9.17) is 4.74 Å². The summed E-state index contributed by atoms with van der Waals surface area (Å²) in [6, 6.07) is 2.23. The minimum atomic E-state index is -0.838. The van der Waals surface area contributed by atoms with Gasteiger partial charge in [-0.15, -0.1) is 0 Å². The molecule has 0 saturated carbocycles. The van der Waals surface area contributed by atoms with Crippen LogP contribution in [0.3, 0.4) is 0 Å². The number of halogens is 2. The standard InChI is InChI=1S/C15H17F2N3O3/c1-19-12-7-20(8-13(12)23-5-4-14(19)21)15(22)18-11-3-2-9(16)6-10(11)17/h2-3,6,12-13H,4-5,7-8H2,1H3,(H,18,22)/t12-,13-/m0/s1. The predicted molar refractivity (Wildman–Crippen MR) is 77.9 cm³/mol. The lowest BCUT2D eigenvalue weighted by Crippen LogP contribution is -2.43. The summed E-state index contributed by atoms with van der Waals surface area (Å²) in [7, 11) is 1.69. The van der Waals surface area contributed by atoms with Crippen molar-refractivity contribution in [2.75, 3.05) is 32.1 Å². The van der Waals surface area contributed by atoms with Gasteiger partial charge in [0.25, 0.3) is 0 Å². The number of carbonyl (C=O) groups excluding carboxylic acids is 2. The molecule has 2 saturated heterocycles. The summed E-state index contributed by atoms with van der Waals surface area (Å²) in [5.41, 5.74) is -0.0890. The topological polar surface area (TPSA) is 61.9 Å². The second kappa shape index (κ2) is 6.11. The van der Waals surface area contributed by atoms with Crippen LogP contribution >= 0.6 is 0 Å². The van der Waals surface area contributed by atoms with Gasteiger partial charge in [-0.1, -0.05) is 0 Å². The Morgan fingerprint density at radius 3 is 2.87 bits per heavy atom. The van der Waals surface area contributed by atoms with E-state index in [1.54, 1.807) is 11.9 Å². The Hall–Kier alpha value is -2.22. The SMILES string of the molecule is CN1C(=O)CCO[C@H]2CN(C(=O)Nc3ccc(F)cc3F)C[C@@H]21. The van der Waals surface area contributed by atoms with E-state index in [9.17, 15) is 18.4 Å². The summed E-state index contributed by atoms with van der Waals surface area (Å²) in [6.07, 6.45) is 0.0755. The van der Waals surface area contributed by atoms with Gasteiger partial charge in [0.15, 0.2) is 0 Å². The van der Waals surface area contributed by atoms with Crippen LogP contribution in [0.1, 0.15) is 6.42 Å². The van der Waals surface area contributed by atoms with E-state index in [0.717, 1.165) is 6.07 Å². The van der Waals surface area contributed by atoms with Gasteiger partial charge in [0.2, 0.25) is 5.91 Å². The monoisotopic (exact) mass is 325 g/mol. The average Bonchev–Trinajstić information content (AvgIpc) is 2.88. The van der Waals surface area contributed by atoms with E-state index < -0.39 is 17.7 Å². The van der Waals surface area contributed by atoms with Crippen LogP contribution in [-0.2, 0) is 9.53 Å². The number of urea groups is 1. The molecule has 1 aromatic carbocycles. The van der Waals surface area contributed by atoms with E-state index in [1.807, 2.05) is 0 Å². The zero-order chi connectivity index (χ0) is 16.6. The number of anilines is 1. The third-order valence-corrected chi connectivity index (χ3v) is 4.24. The van der Waals surface area contributed by atoms with Crippen molar-refractivity contribution in [3.05, 3.63) is 29.8 Å². The van der Waals surface area contributed by atoms with Crippen molar-refractivity contribution in [2.24, 2.45) is 0 Å². The van der Waals surface area contributed by atoms with Crippen molar-refractivity contribution in [1.82, 2.24) is 9.80 Å². The Labute approximate surface area is 132 Å². The van der Waals surface area contributed by atoms with Gasteiger partial charge in [-0.25, -0.2) is 13.6 Å². The second-order valence-electron chi connectivity index (χ2n) is 5.69. The molecule has 124 valence electrons. The van der Waals surface area contributed by atoms with Crippen molar-refractivity contribution in [2.45, 2.75) is 18.6 Å². The number of rotatable bonds is 1. The molecule has 2 aliphatic rings. The van der Waals surface area contributed by atoms with Crippen LogP contribution in [0.5, 0.6) is 0 Å². The number of carbonyl (C=O) groups is 2. The van der Waals surface area contributed by atoms with Gasteiger partial charge in [-0.3, -0.25) is 4.79 Å². The Balaban J connectivity index is 1.68. The molecule has 0 aromatic heterocycles. The highest BCUT2D eigenvalue weighted by atomic mass is 19.1. The molecule has 3 rings (SSSR count). The number of likely N-dealkylation sites (tertiary alicyclic amines) is 1. The third kappa shape index (κ3) is 3.12. The van der Waals surface area contributed by atoms with Crippen LogP contribution in [0.25, 0.3) is 0 Å². The minimum absolute atomic E-state index is 0.0238. The molecule has 0 spiro atoms.